The molecule has 2 aromatic carbocycles. The molecule has 3 aromatic rings. The van der Waals surface area contributed by atoms with Crippen LogP contribution in [0.25, 0.3) is 10.9 Å². The molecule has 9 heteroatoms. The average molecular weight is 499 g/mol. The van der Waals surface area contributed by atoms with E-state index in [9.17, 15) is 9.59 Å². The Hall–Kier alpha value is -3.07. The minimum atomic E-state index is -0.267. The summed E-state index contributed by atoms with van der Waals surface area (Å²) >= 11 is 5.97. The Balaban J connectivity index is 1.52. The molecule has 1 aliphatic heterocycles. The number of nitrogens with one attached hydrogen (secondary N) is 2. The number of amides is 2. The highest BCUT2D eigenvalue weighted by Gasteiger charge is 2.18. The summed E-state index contributed by atoms with van der Waals surface area (Å²) in [5.41, 5.74) is 1.68. The van der Waals surface area contributed by atoms with Crippen LogP contribution in [0.3, 0.4) is 0 Å². The first-order valence-electron chi connectivity index (χ1n) is 11.9. The molecule has 0 atom stereocenters. The highest BCUT2D eigenvalue weighted by molar-refractivity contribution is 6.30. The van der Waals surface area contributed by atoms with Crippen molar-refractivity contribution in [2.45, 2.75) is 19.9 Å². The average Bonchev–Trinajstić information content (AvgIpc) is 2.86. The molecule has 0 aliphatic carbocycles. The number of anilines is 1. The number of aromatic amines is 1. The summed E-state index contributed by atoms with van der Waals surface area (Å²) < 4.78 is 11.0. The summed E-state index contributed by atoms with van der Waals surface area (Å²) in [7, 11) is 0. The monoisotopic (exact) mass is 498 g/mol. The molecule has 8 nitrogen and oxygen atoms in total. The molecule has 2 N–H and O–H groups in total. The second-order valence-electron chi connectivity index (χ2n) is 8.47. The summed E-state index contributed by atoms with van der Waals surface area (Å²) in [4.78, 5) is 33.0. The normalized spacial score (nSPS) is 14.1. The zero-order valence-electron chi connectivity index (χ0n) is 19.9. The summed E-state index contributed by atoms with van der Waals surface area (Å²) in [5.74, 6) is 0.737. The third kappa shape index (κ3) is 6.97. The molecule has 0 bridgehead atoms. The molecular weight excluding hydrogens is 468 g/mol. The van der Waals surface area contributed by atoms with Gasteiger partial charge in [0.2, 0.25) is 0 Å². The zero-order chi connectivity index (χ0) is 24.6. The lowest BCUT2D eigenvalue weighted by Gasteiger charge is -2.28. The van der Waals surface area contributed by atoms with Crippen molar-refractivity contribution in [3.05, 3.63) is 69.5 Å². The van der Waals surface area contributed by atoms with Gasteiger partial charge in [0, 0.05) is 53.4 Å². The SMILES string of the molecule is CCOc1ccc2[nH]c(=O)c(CN(CCCN3CCOCC3)C(=O)Nc3ccc(Cl)cc3)cc2c1. The minimum Gasteiger partial charge on any atom is -0.494 e. The summed E-state index contributed by atoms with van der Waals surface area (Å²) in [6, 6.07) is 14.1. The van der Waals surface area contributed by atoms with E-state index in [2.05, 4.69) is 15.2 Å². The second kappa shape index (κ2) is 12.1. The van der Waals surface area contributed by atoms with Gasteiger partial charge in [-0.2, -0.15) is 0 Å². The first kappa shape index (κ1) is 25.0. The highest BCUT2D eigenvalue weighted by Crippen LogP contribution is 2.20. The fraction of sp³-hybridized carbons (Fsp3) is 0.385. The molecule has 1 saturated heterocycles. The van der Waals surface area contributed by atoms with Crippen LogP contribution >= 0.6 is 11.6 Å². The molecule has 2 amide bonds. The van der Waals surface area contributed by atoms with Crippen LogP contribution in [-0.4, -0.2) is 66.8 Å². The molecule has 186 valence electrons. The number of halogens is 1. The molecule has 0 radical (unpaired) electrons. The van der Waals surface area contributed by atoms with E-state index in [4.69, 9.17) is 21.1 Å². The van der Waals surface area contributed by atoms with E-state index in [0.29, 0.717) is 29.4 Å². The van der Waals surface area contributed by atoms with Crippen molar-refractivity contribution in [2.75, 3.05) is 51.3 Å². The number of benzene rings is 2. The third-order valence-corrected chi connectivity index (χ3v) is 6.21. The molecule has 35 heavy (non-hydrogen) atoms. The van der Waals surface area contributed by atoms with Crippen LogP contribution in [0.2, 0.25) is 5.02 Å². The van der Waals surface area contributed by atoms with Crippen LogP contribution < -0.4 is 15.6 Å². The van der Waals surface area contributed by atoms with Crippen LogP contribution in [0.1, 0.15) is 18.9 Å². The maximum Gasteiger partial charge on any atom is 0.322 e. The van der Waals surface area contributed by atoms with E-state index in [1.807, 2.05) is 31.2 Å². The maximum atomic E-state index is 13.2. The van der Waals surface area contributed by atoms with E-state index < -0.39 is 0 Å². The number of ether oxygens (including phenoxy) is 2. The predicted molar refractivity (Wildman–Crippen MR) is 138 cm³/mol. The van der Waals surface area contributed by atoms with Gasteiger partial charge in [-0.15, -0.1) is 0 Å². The van der Waals surface area contributed by atoms with Gasteiger partial charge in [0.05, 0.1) is 26.4 Å². The van der Waals surface area contributed by atoms with E-state index >= 15 is 0 Å². The van der Waals surface area contributed by atoms with Crippen molar-refractivity contribution in [3.63, 3.8) is 0 Å². The quantitative estimate of drug-likeness (QED) is 0.458. The number of rotatable bonds is 9. The van der Waals surface area contributed by atoms with Crippen LogP contribution in [0.5, 0.6) is 5.75 Å². The molecule has 4 rings (SSSR count). The zero-order valence-corrected chi connectivity index (χ0v) is 20.6. The largest absolute Gasteiger partial charge is 0.494 e. The topological polar surface area (TPSA) is 86.9 Å². The van der Waals surface area contributed by atoms with Gasteiger partial charge in [-0.1, -0.05) is 11.6 Å². The van der Waals surface area contributed by atoms with Gasteiger partial charge in [0.25, 0.3) is 5.56 Å². The standard InChI is InChI=1S/C26H31ClN4O4/c1-2-35-23-8-9-24-19(17-23)16-20(25(32)29-24)18-31(11-3-10-30-12-14-34-15-13-30)26(33)28-22-6-4-21(27)5-7-22/h4-9,16-17H,2-3,10-15,18H2,1H3,(H,28,33)(H,29,32). The Morgan fingerprint density at radius 2 is 1.94 bits per heavy atom. The molecule has 2 heterocycles. The van der Waals surface area contributed by atoms with Gasteiger partial charge in [0.15, 0.2) is 0 Å². The molecule has 1 aliphatic rings. The van der Waals surface area contributed by atoms with Gasteiger partial charge in [-0.05, 0) is 61.9 Å². The number of carbonyl (C=O) groups excluding carboxylic acids is 1. The number of H-pyrrole nitrogens is 1. The summed E-state index contributed by atoms with van der Waals surface area (Å²) in [6.07, 6.45) is 0.786. The van der Waals surface area contributed by atoms with Gasteiger partial charge in [0.1, 0.15) is 5.75 Å². The number of fused-ring (bicyclic) bond motifs is 1. The number of hydrogen-bond donors (Lipinski definition) is 2. The predicted octanol–water partition coefficient (Wildman–Crippen LogP) is 4.34. The van der Waals surface area contributed by atoms with Crippen LogP contribution in [0.15, 0.2) is 53.3 Å². The van der Waals surface area contributed by atoms with Crippen molar-refractivity contribution in [1.29, 1.82) is 0 Å². The molecule has 0 spiro atoms. The lowest BCUT2D eigenvalue weighted by Crippen LogP contribution is -2.40. The van der Waals surface area contributed by atoms with Crippen molar-refractivity contribution >= 4 is 34.2 Å². The molecule has 0 unspecified atom stereocenters. The van der Waals surface area contributed by atoms with Gasteiger partial charge in [-0.25, -0.2) is 4.79 Å². The Morgan fingerprint density at radius 1 is 1.17 bits per heavy atom. The Kier molecular flexibility index (Phi) is 8.63. The fourth-order valence-electron chi connectivity index (χ4n) is 4.11. The lowest BCUT2D eigenvalue weighted by atomic mass is 10.1. The van der Waals surface area contributed by atoms with Crippen molar-refractivity contribution < 1.29 is 14.3 Å². The number of pyridine rings is 1. The van der Waals surface area contributed by atoms with Gasteiger partial charge < -0.3 is 24.7 Å². The molecule has 1 aromatic heterocycles. The molecule has 1 fully saturated rings. The number of carbonyl (C=O) groups is 1. The smallest absolute Gasteiger partial charge is 0.322 e. The third-order valence-electron chi connectivity index (χ3n) is 5.95. The number of nitrogens with zero attached hydrogens (tertiary/aromatic N) is 2. The van der Waals surface area contributed by atoms with Crippen LogP contribution in [0.4, 0.5) is 10.5 Å². The first-order valence-corrected chi connectivity index (χ1v) is 12.3. The van der Waals surface area contributed by atoms with Crippen molar-refractivity contribution in [2.24, 2.45) is 0 Å². The lowest BCUT2D eigenvalue weighted by molar-refractivity contribution is 0.0365. The Labute approximate surface area is 209 Å². The highest BCUT2D eigenvalue weighted by atomic mass is 35.5. The van der Waals surface area contributed by atoms with Crippen LogP contribution in [0, 0.1) is 0 Å². The van der Waals surface area contributed by atoms with Gasteiger partial charge >= 0.3 is 6.03 Å². The van der Waals surface area contributed by atoms with Crippen molar-refractivity contribution in [1.82, 2.24) is 14.8 Å². The number of hydrogen-bond acceptors (Lipinski definition) is 5. The first-order chi connectivity index (χ1) is 17.0. The summed E-state index contributed by atoms with van der Waals surface area (Å²) in [5, 5.41) is 4.38. The van der Waals surface area contributed by atoms with E-state index in [0.717, 1.165) is 55.9 Å². The van der Waals surface area contributed by atoms with E-state index in [-0.39, 0.29) is 18.1 Å². The Bertz CT molecular complexity index is 1190. The van der Waals surface area contributed by atoms with E-state index in [1.54, 1.807) is 29.2 Å². The fourth-order valence-corrected chi connectivity index (χ4v) is 4.23. The second-order valence-corrected chi connectivity index (χ2v) is 8.91. The Morgan fingerprint density at radius 3 is 2.69 bits per heavy atom. The number of morpholine rings is 1. The molecule has 0 saturated carbocycles. The van der Waals surface area contributed by atoms with Crippen LogP contribution in [-0.2, 0) is 11.3 Å². The van der Waals surface area contributed by atoms with E-state index in [1.165, 1.54) is 0 Å². The summed E-state index contributed by atoms with van der Waals surface area (Å²) in [6.45, 7) is 7.29. The van der Waals surface area contributed by atoms with Gasteiger partial charge in [-0.3, -0.25) is 9.69 Å². The van der Waals surface area contributed by atoms with Crippen molar-refractivity contribution in [3.8, 4) is 5.75 Å². The molecular formula is C26H31ClN4O4. The maximum absolute atomic E-state index is 13.2. The number of aromatic nitrogens is 1. The minimum absolute atomic E-state index is 0.187. The number of urea groups is 1.